The summed E-state index contributed by atoms with van der Waals surface area (Å²) in [5.74, 6) is 2.95. The first kappa shape index (κ1) is 28.3. The number of hydrogen-bond donors (Lipinski definition) is 1. The van der Waals surface area contributed by atoms with Crippen molar-refractivity contribution < 1.29 is 28.5 Å². The highest BCUT2D eigenvalue weighted by atomic mass is 32.2. The van der Waals surface area contributed by atoms with Crippen LogP contribution in [0.15, 0.2) is 70.9 Å². The normalized spacial score (nSPS) is 10.8. The van der Waals surface area contributed by atoms with Gasteiger partial charge < -0.3 is 23.7 Å². The Kier molecular flexibility index (Phi) is 9.47. The fraction of sp³-hybridized carbons (Fsp3) is 0.214. The molecule has 1 amide bonds. The van der Waals surface area contributed by atoms with Crippen LogP contribution in [0.5, 0.6) is 28.7 Å². The molecule has 3 aromatic carbocycles. The highest BCUT2D eigenvalue weighted by molar-refractivity contribution is 7.99. The van der Waals surface area contributed by atoms with Gasteiger partial charge in [0.25, 0.3) is 5.91 Å². The number of aromatic nitrogens is 3. The minimum atomic E-state index is -0.319. The van der Waals surface area contributed by atoms with E-state index >= 15 is 0 Å². The van der Waals surface area contributed by atoms with E-state index in [0.29, 0.717) is 50.9 Å². The van der Waals surface area contributed by atoms with E-state index in [1.807, 2.05) is 34.9 Å². The summed E-state index contributed by atoms with van der Waals surface area (Å²) in [6.07, 6.45) is 1.50. The molecule has 0 aliphatic heterocycles. The molecule has 1 heterocycles. The molecular weight excluding hydrogens is 534 g/mol. The molecule has 40 heavy (non-hydrogen) atoms. The molecule has 0 saturated heterocycles. The summed E-state index contributed by atoms with van der Waals surface area (Å²) in [6, 6.07) is 18.5. The first-order valence-electron chi connectivity index (χ1n) is 12.0. The summed E-state index contributed by atoms with van der Waals surface area (Å²) in [5, 5.41) is 13.4. The van der Waals surface area contributed by atoms with Crippen LogP contribution in [0.2, 0.25) is 0 Å². The number of carbonyl (C=O) groups is 1. The van der Waals surface area contributed by atoms with E-state index in [1.54, 1.807) is 65.9 Å². The first-order chi connectivity index (χ1) is 19.5. The zero-order valence-corrected chi connectivity index (χ0v) is 23.5. The van der Waals surface area contributed by atoms with Crippen molar-refractivity contribution >= 4 is 23.9 Å². The van der Waals surface area contributed by atoms with E-state index in [4.69, 9.17) is 23.7 Å². The third-order valence-corrected chi connectivity index (χ3v) is 6.66. The smallest absolute Gasteiger partial charge is 0.250 e. The van der Waals surface area contributed by atoms with Crippen LogP contribution in [0, 0.1) is 0 Å². The van der Waals surface area contributed by atoms with Crippen molar-refractivity contribution in [3.8, 4) is 45.8 Å². The lowest BCUT2D eigenvalue weighted by Crippen LogP contribution is -2.20. The molecular formula is C28H29N5O6S. The number of carbonyl (C=O) groups excluding carboxylic acids is 1. The maximum absolute atomic E-state index is 12.6. The molecule has 1 aromatic heterocycles. The molecule has 4 aromatic rings. The van der Waals surface area contributed by atoms with Gasteiger partial charge in [-0.25, -0.2) is 5.43 Å². The summed E-state index contributed by atoms with van der Waals surface area (Å²) >= 11 is 1.22. The average Bonchev–Trinajstić information content (AvgIpc) is 3.43. The number of benzene rings is 3. The maximum atomic E-state index is 12.6. The number of methoxy groups -OCH3 is 5. The van der Waals surface area contributed by atoms with Gasteiger partial charge in [-0.1, -0.05) is 30.0 Å². The maximum Gasteiger partial charge on any atom is 0.250 e. The number of para-hydroxylation sites is 1. The van der Waals surface area contributed by atoms with E-state index in [0.717, 1.165) is 5.69 Å². The zero-order valence-electron chi connectivity index (χ0n) is 22.7. The van der Waals surface area contributed by atoms with Crippen LogP contribution in [0.4, 0.5) is 0 Å². The SMILES string of the molecule is COc1ccc(OC)c(/C=N\NC(=O)CSc2nnc(-c3cc(OC)c(OC)c(OC)c3)n2-c2ccccc2)c1. The van der Waals surface area contributed by atoms with Crippen LogP contribution in [0.1, 0.15) is 5.56 Å². The monoisotopic (exact) mass is 563 g/mol. The topological polar surface area (TPSA) is 118 Å². The van der Waals surface area contributed by atoms with Crippen molar-refractivity contribution in [2.75, 3.05) is 41.3 Å². The van der Waals surface area contributed by atoms with E-state index in [9.17, 15) is 4.79 Å². The zero-order chi connectivity index (χ0) is 28.5. The predicted octanol–water partition coefficient (Wildman–Crippen LogP) is 4.22. The fourth-order valence-corrected chi connectivity index (χ4v) is 4.59. The lowest BCUT2D eigenvalue weighted by atomic mass is 10.1. The molecule has 1 N–H and O–H groups in total. The Morgan fingerprint density at radius 1 is 0.875 bits per heavy atom. The number of amides is 1. The summed E-state index contributed by atoms with van der Waals surface area (Å²) < 4.78 is 28.9. The van der Waals surface area contributed by atoms with Gasteiger partial charge in [0.05, 0.1) is 47.5 Å². The molecule has 0 unspecified atom stereocenters. The second-order valence-corrected chi connectivity index (χ2v) is 9.02. The van der Waals surface area contributed by atoms with Gasteiger partial charge in [0.2, 0.25) is 5.75 Å². The van der Waals surface area contributed by atoms with Crippen molar-refractivity contribution in [3.05, 3.63) is 66.2 Å². The Balaban J connectivity index is 1.57. The second-order valence-electron chi connectivity index (χ2n) is 8.08. The highest BCUT2D eigenvalue weighted by Gasteiger charge is 2.21. The quantitative estimate of drug-likeness (QED) is 0.154. The van der Waals surface area contributed by atoms with E-state index in [1.165, 1.54) is 18.0 Å². The Labute approximate surface area is 236 Å². The van der Waals surface area contributed by atoms with Crippen LogP contribution in [-0.4, -0.2) is 68.2 Å². The molecule has 4 rings (SSSR count). The molecule has 0 radical (unpaired) electrons. The number of thioether (sulfide) groups is 1. The van der Waals surface area contributed by atoms with Crippen molar-refractivity contribution in [3.63, 3.8) is 0 Å². The first-order valence-corrected chi connectivity index (χ1v) is 13.0. The largest absolute Gasteiger partial charge is 0.497 e. The second kappa shape index (κ2) is 13.4. The van der Waals surface area contributed by atoms with Gasteiger partial charge in [-0.05, 0) is 42.5 Å². The van der Waals surface area contributed by atoms with Crippen LogP contribution >= 0.6 is 11.8 Å². The van der Waals surface area contributed by atoms with Crippen molar-refractivity contribution in [1.82, 2.24) is 20.2 Å². The summed E-state index contributed by atoms with van der Waals surface area (Å²) in [6.45, 7) is 0. The van der Waals surface area contributed by atoms with Gasteiger partial charge in [-0.2, -0.15) is 5.10 Å². The third kappa shape index (κ3) is 6.29. The summed E-state index contributed by atoms with van der Waals surface area (Å²) in [5.41, 5.74) is 4.72. The number of nitrogens with zero attached hydrogens (tertiary/aromatic N) is 4. The molecule has 208 valence electrons. The molecule has 12 heteroatoms. The van der Waals surface area contributed by atoms with E-state index in [2.05, 4.69) is 20.7 Å². The van der Waals surface area contributed by atoms with Crippen molar-refractivity contribution in [2.45, 2.75) is 5.16 Å². The van der Waals surface area contributed by atoms with Crippen LogP contribution in [0.3, 0.4) is 0 Å². The Morgan fingerprint density at radius 2 is 1.57 bits per heavy atom. The van der Waals surface area contributed by atoms with Gasteiger partial charge >= 0.3 is 0 Å². The Hall–Kier alpha value is -4.71. The van der Waals surface area contributed by atoms with Crippen LogP contribution in [0.25, 0.3) is 17.1 Å². The number of ether oxygens (including phenoxy) is 5. The van der Waals surface area contributed by atoms with E-state index in [-0.39, 0.29) is 11.7 Å². The molecule has 0 fully saturated rings. The summed E-state index contributed by atoms with van der Waals surface area (Å²) in [4.78, 5) is 12.6. The molecule has 0 bridgehead atoms. The fourth-order valence-electron chi connectivity index (χ4n) is 3.85. The minimum Gasteiger partial charge on any atom is -0.497 e. The van der Waals surface area contributed by atoms with Gasteiger partial charge in [0.15, 0.2) is 22.5 Å². The van der Waals surface area contributed by atoms with Gasteiger partial charge in [-0.15, -0.1) is 10.2 Å². The number of hydrazone groups is 1. The lowest BCUT2D eigenvalue weighted by molar-refractivity contribution is -0.118. The Morgan fingerprint density at radius 3 is 2.20 bits per heavy atom. The lowest BCUT2D eigenvalue weighted by Gasteiger charge is -2.15. The standard InChI is InChI=1S/C28H29N5O6S/c1-35-21-11-12-22(36-2)19(13-21)16-29-30-25(34)17-40-28-32-31-27(33(28)20-9-7-6-8-10-20)18-14-23(37-3)26(39-5)24(15-18)38-4/h6-16H,17H2,1-5H3,(H,30,34)/b29-16-. The third-order valence-electron chi connectivity index (χ3n) is 5.73. The summed E-state index contributed by atoms with van der Waals surface area (Å²) in [7, 11) is 7.78. The van der Waals surface area contributed by atoms with Crippen molar-refractivity contribution in [1.29, 1.82) is 0 Å². The minimum absolute atomic E-state index is 0.0484. The van der Waals surface area contributed by atoms with Crippen LogP contribution < -0.4 is 29.1 Å². The van der Waals surface area contributed by atoms with Gasteiger partial charge in [0.1, 0.15) is 11.5 Å². The number of hydrogen-bond acceptors (Lipinski definition) is 10. The predicted molar refractivity (Wildman–Crippen MR) is 152 cm³/mol. The molecule has 0 aliphatic carbocycles. The Bertz CT molecular complexity index is 1470. The van der Waals surface area contributed by atoms with Crippen LogP contribution in [-0.2, 0) is 4.79 Å². The van der Waals surface area contributed by atoms with Gasteiger partial charge in [-0.3, -0.25) is 9.36 Å². The molecule has 0 atom stereocenters. The number of nitrogens with one attached hydrogen (secondary N) is 1. The van der Waals surface area contributed by atoms with E-state index < -0.39 is 0 Å². The van der Waals surface area contributed by atoms with Gasteiger partial charge in [0, 0.05) is 16.8 Å². The highest BCUT2D eigenvalue weighted by Crippen LogP contribution is 2.41. The average molecular weight is 564 g/mol. The molecule has 0 saturated carbocycles. The molecule has 11 nitrogen and oxygen atoms in total. The number of rotatable bonds is 12. The molecule has 0 spiro atoms. The van der Waals surface area contributed by atoms with Crippen molar-refractivity contribution in [2.24, 2.45) is 5.10 Å². The molecule has 0 aliphatic rings.